The Balaban J connectivity index is 1.72. The molecule has 0 heterocycles. The molecule has 0 radical (unpaired) electrons. The highest BCUT2D eigenvalue weighted by molar-refractivity contribution is 7.98. The number of benzene rings is 3. The van der Waals surface area contributed by atoms with E-state index in [0.29, 0.717) is 17.7 Å². The Kier molecular flexibility index (Phi) is 19.8. The van der Waals surface area contributed by atoms with Gasteiger partial charge in [-0.25, -0.2) is 4.79 Å². The van der Waals surface area contributed by atoms with Gasteiger partial charge in [0.1, 0.15) is 29.9 Å². The van der Waals surface area contributed by atoms with Gasteiger partial charge in [-0.05, 0) is 62.3 Å². The molecule has 16 heteroatoms. The first-order valence-corrected chi connectivity index (χ1v) is 20.9. The Bertz CT molecular complexity index is 1730. The predicted molar refractivity (Wildman–Crippen MR) is 223 cm³/mol. The lowest BCUT2D eigenvalue weighted by Gasteiger charge is -2.31. The fourth-order valence-electron chi connectivity index (χ4n) is 6.01. The third-order valence-electron chi connectivity index (χ3n) is 9.05. The van der Waals surface area contributed by atoms with Gasteiger partial charge >= 0.3 is 12.1 Å². The smallest absolute Gasteiger partial charge is 0.408 e. The van der Waals surface area contributed by atoms with Crippen LogP contribution in [-0.2, 0) is 28.7 Å². The second kappa shape index (κ2) is 24.2. The molecule has 0 aliphatic heterocycles. The van der Waals surface area contributed by atoms with Gasteiger partial charge < -0.3 is 51.2 Å². The Labute approximate surface area is 349 Å². The van der Waals surface area contributed by atoms with E-state index < -0.39 is 90.6 Å². The second-order valence-electron chi connectivity index (χ2n) is 14.9. The van der Waals surface area contributed by atoms with Gasteiger partial charge in [0.25, 0.3) is 5.91 Å². The van der Waals surface area contributed by atoms with Crippen molar-refractivity contribution in [2.75, 3.05) is 18.6 Å². The number of aliphatic hydroxyl groups excluding tert-OH is 4. The number of carbonyl (C=O) groups is 5. The Morgan fingerprint density at radius 1 is 0.678 bits per heavy atom. The summed E-state index contributed by atoms with van der Waals surface area (Å²) in [6.07, 6.45) is -5.89. The Morgan fingerprint density at radius 3 is 1.68 bits per heavy atom. The number of hydrogen-bond acceptors (Lipinski definition) is 12. The SMILES string of the molecule is CCC[C@H](NC(=O)OC(C)(C)C)C(=O)N[C@@H](CCSC)C(=O)N[C@@H](CO)[C@@H](O)[C@@H](O)[C@H](O)C(=O)N[C@@H](CC(=O)OC(c1ccccc1)c1ccccc1)c1ccccc1. The first-order valence-electron chi connectivity index (χ1n) is 19.5. The predicted octanol–water partition coefficient (Wildman–Crippen LogP) is 3.06. The molecule has 0 spiro atoms. The number of hydrogen-bond donors (Lipinski definition) is 8. The number of aliphatic hydroxyl groups is 4. The van der Waals surface area contributed by atoms with Crippen molar-refractivity contribution in [1.29, 1.82) is 0 Å². The molecule has 3 aromatic rings. The van der Waals surface area contributed by atoms with Crippen LogP contribution in [0, 0.1) is 0 Å². The van der Waals surface area contributed by atoms with E-state index in [2.05, 4.69) is 21.3 Å². The van der Waals surface area contributed by atoms with E-state index >= 15 is 0 Å². The summed E-state index contributed by atoms with van der Waals surface area (Å²) in [4.78, 5) is 66.2. The summed E-state index contributed by atoms with van der Waals surface area (Å²) in [6, 6.07) is 21.8. The number of thioether (sulfide) groups is 1. The van der Waals surface area contributed by atoms with E-state index in [-0.39, 0.29) is 19.3 Å². The summed E-state index contributed by atoms with van der Waals surface area (Å²) < 4.78 is 11.2. The van der Waals surface area contributed by atoms with Crippen molar-refractivity contribution in [3.05, 3.63) is 108 Å². The van der Waals surface area contributed by atoms with E-state index in [0.717, 1.165) is 11.1 Å². The molecule has 4 amide bonds. The number of esters is 1. The quantitative estimate of drug-likeness (QED) is 0.0683. The summed E-state index contributed by atoms with van der Waals surface area (Å²) in [5.74, 6) is -2.93. The van der Waals surface area contributed by atoms with E-state index in [4.69, 9.17) is 9.47 Å². The molecule has 15 nitrogen and oxygen atoms in total. The minimum absolute atomic E-state index is 0.118. The standard InChI is InChI=1S/C43H58N4O11S/c1-6-16-30(47-42(56)58-43(2,3)4)39(53)44-31(23-24-59-5)40(54)46-33(26-48)35(50)36(51)37(52)41(55)45-32(27-17-10-7-11-18-27)25-34(49)57-38(28-19-12-8-13-20-28)29-21-14-9-15-22-29/h7-15,17-22,30-33,35-38,48,50-52H,6,16,23-26H2,1-5H3,(H,44,53)(H,45,55)(H,46,54)(H,47,56)/t30-,31-,32-,33-,35+,36+,37-/m0/s1. The van der Waals surface area contributed by atoms with Gasteiger partial charge in [-0.1, -0.05) is 104 Å². The molecule has 0 bridgehead atoms. The zero-order valence-electron chi connectivity index (χ0n) is 34.1. The topological polar surface area (TPSA) is 233 Å². The normalized spacial score (nSPS) is 15.0. The van der Waals surface area contributed by atoms with Crippen LogP contribution < -0.4 is 21.3 Å². The van der Waals surface area contributed by atoms with Gasteiger partial charge in [0.2, 0.25) is 11.8 Å². The number of nitrogens with one attached hydrogen (secondary N) is 4. The van der Waals surface area contributed by atoms with Gasteiger partial charge in [0.05, 0.1) is 25.1 Å². The van der Waals surface area contributed by atoms with Crippen LogP contribution in [0.25, 0.3) is 0 Å². The van der Waals surface area contributed by atoms with Crippen molar-refractivity contribution < 1.29 is 53.9 Å². The van der Waals surface area contributed by atoms with Crippen molar-refractivity contribution in [2.45, 2.75) is 108 Å². The van der Waals surface area contributed by atoms with Crippen molar-refractivity contribution in [1.82, 2.24) is 21.3 Å². The molecule has 0 fully saturated rings. The first-order chi connectivity index (χ1) is 28.1. The number of amides is 4. The number of ether oxygens (including phenoxy) is 2. The highest BCUT2D eigenvalue weighted by Crippen LogP contribution is 2.28. The van der Waals surface area contributed by atoms with Crippen LogP contribution in [0.4, 0.5) is 4.79 Å². The van der Waals surface area contributed by atoms with Gasteiger partial charge in [-0.15, -0.1) is 0 Å². The zero-order chi connectivity index (χ0) is 43.5. The summed E-state index contributed by atoms with van der Waals surface area (Å²) >= 11 is 1.39. The fourth-order valence-corrected chi connectivity index (χ4v) is 6.48. The highest BCUT2D eigenvalue weighted by Gasteiger charge is 2.38. The van der Waals surface area contributed by atoms with Crippen molar-refractivity contribution in [2.24, 2.45) is 0 Å². The molecule has 3 rings (SSSR count). The van der Waals surface area contributed by atoms with E-state index in [9.17, 15) is 44.4 Å². The summed E-state index contributed by atoms with van der Waals surface area (Å²) in [7, 11) is 0. The molecule has 59 heavy (non-hydrogen) atoms. The maximum Gasteiger partial charge on any atom is 0.408 e. The highest BCUT2D eigenvalue weighted by atomic mass is 32.2. The van der Waals surface area contributed by atoms with Crippen LogP contribution in [0.5, 0.6) is 0 Å². The van der Waals surface area contributed by atoms with Crippen LogP contribution in [0.3, 0.4) is 0 Å². The summed E-state index contributed by atoms with van der Waals surface area (Å²) in [5.41, 5.74) is 1.11. The summed E-state index contributed by atoms with van der Waals surface area (Å²) in [5, 5.41) is 53.3. The lowest BCUT2D eigenvalue weighted by molar-refractivity contribution is -0.149. The number of alkyl carbamates (subject to hydrolysis) is 1. The number of carbonyl (C=O) groups excluding carboxylic acids is 5. The maximum atomic E-state index is 13.5. The largest absolute Gasteiger partial charge is 0.452 e. The summed E-state index contributed by atoms with van der Waals surface area (Å²) in [6.45, 7) is 5.91. The molecule has 3 aromatic carbocycles. The fraction of sp³-hybridized carbons (Fsp3) is 0.465. The molecule has 7 atom stereocenters. The maximum absolute atomic E-state index is 13.5. The number of rotatable bonds is 22. The van der Waals surface area contributed by atoms with Crippen LogP contribution in [-0.4, -0.2) is 111 Å². The lowest BCUT2D eigenvalue weighted by Crippen LogP contribution is -2.60. The minimum atomic E-state index is -2.29. The molecule has 0 aromatic heterocycles. The molecular formula is C43H58N4O11S. The molecule has 0 aliphatic rings. The van der Waals surface area contributed by atoms with Gasteiger partial charge in [-0.3, -0.25) is 19.2 Å². The lowest BCUT2D eigenvalue weighted by atomic mass is 9.98. The van der Waals surface area contributed by atoms with E-state index in [1.165, 1.54) is 11.8 Å². The second-order valence-corrected chi connectivity index (χ2v) is 15.9. The van der Waals surface area contributed by atoms with Gasteiger partial charge in [0.15, 0.2) is 12.2 Å². The molecular weight excluding hydrogens is 781 g/mol. The third kappa shape index (κ3) is 15.9. The van der Waals surface area contributed by atoms with Crippen LogP contribution >= 0.6 is 11.8 Å². The molecule has 0 aliphatic carbocycles. The Morgan fingerprint density at radius 2 is 1.19 bits per heavy atom. The molecule has 0 unspecified atom stereocenters. The van der Waals surface area contributed by atoms with Crippen LogP contribution in [0.2, 0.25) is 0 Å². The van der Waals surface area contributed by atoms with Gasteiger partial charge in [-0.2, -0.15) is 11.8 Å². The zero-order valence-corrected chi connectivity index (χ0v) is 34.9. The monoisotopic (exact) mass is 838 g/mol. The molecule has 322 valence electrons. The van der Waals surface area contributed by atoms with Gasteiger partial charge in [0, 0.05) is 0 Å². The average Bonchev–Trinajstić information content (AvgIpc) is 3.22. The van der Waals surface area contributed by atoms with Crippen LogP contribution in [0.15, 0.2) is 91.0 Å². The first kappa shape index (κ1) is 48.4. The molecule has 8 N–H and O–H groups in total. The van der Waals surface area contributed by atoms with Crippen molar-refractivity contribution >= 4 is 41.5 Å². The van der Waals surface area contributed by atoms with E-state index in [1.807, 2.05) is 67.6 Å². The van der Waals surface area contributed by atoms with Crippen LogP contribution in [0.1, 0.15) is 82.2 Å². The van der Waals surface area contributed by atoms with E-state index in [1.54, 1.807) is 57.4 Å². The molecule has 0 saturated heterocycles. The molecule has 0 saturated carbocycles. The Hall–Kier alpha value is -5.00. The third-order valence-corrected chi connectivity index (χ3v) is 9.69. The van der Waals surface area contributed by atoms with Crippen molar-refractivity contribution in [3.8, 4) is 0 Å². The van der Waals surface area contributed by atoms with Crippen molar-refractivity contribution in [3.63, 3.8) is 0 Å². The average molecular weight is 839 g/mol. The minimum Gasteiger partial charge on any atom is -0.452 e.